The van der Waals surface area contributed by atoms with Crippen LogP contribution in [0.5, 0.6) is 5.75 Å². The molecule has 1 fully saturated rings. The summed E-state index contributed by atoms with van der Waals surface area (Å²) in [7, 11) is 0. The largest absolute Gasteiger partial charge is 0.494 e. The predicted molar refractivity (Wildman–Crippen MR) is 92.2 cm³/mol. The smallest absolute Gasteiger partial charge is 0.251 e. The molecule has 0 aliphatic carbocycles. The zero-order chi connectivity index (χ0) is 18.7. The molecule has 0 unspecified atom stereocenters. The first-order valence-electron chi connectivity index (χ1n) is 8.27. The fourth-order valence-electron chi connectivity index (χ4n) is 2.85. The van der Waals surface area contributed by atoms with Gasteiger partial charge in [0.25, 0.3) is 5.91 Å². The van der Waals surface area contributed by atoms with E-state index in [1.807, 2.05) is 6.92 Å². The quantitative estimate of drug-likeness (QED) is 0.892. The standard InChI is InChI=1S/C19H18F2N2O3/c1-2-26-15-6-4-14(5-7-15)23-11-13(10-18(23)24)22-19(25)12-3-8-16(20)17(21)9-12/h3-9,13H,2,10-11H2,1H3,(H,22,25)/t13-/m0/s1. The average molecular weight is 360 g/mol. The van der Waals surface area contributed by atoms with Crippen molar-refractivity contribution in [2.45, 2.75) is 19.4 Å². The zero-order valence-corrected chi connectivity index (χ0v) is 14.2. The molecule has 0 aromatic heterocycles. The van der Waals surface area contributed by atoms with Crippen molar-refractivity contribution in [3.63, 3.8) is 0 Å². The topological polar surface area (TPSA) is 58.6 Å². The van der Waals surface area contributed by atoms with Gasteiger partial charge in [0.05, 0.1) is 12.6 Å². The number of carbonyl (C=O) groups excluding carboxylic acids is 2. The minimum atomic E-state index is -1.09. The van der Waals surface area contributed by atoms with Crippen molar-refractivity contribution in [3.05, 3.63) is 59.7 Å². The lowest BCUT2D eigenvalue weighted by Gasteiger charge is -2.17. The van der Waals surface area contributed by atoms with Gasteiger partial charge in [-0.15, -0.1) is 0 Å². The van der Waals surface area contributed by atoms with E-state index in [1.165, 1.54) is 6.07 Å². The summed E-state index contributed by atoms with van der Waals surface area (Å²) in [6, 6.07) is 9.65. The summed E-state index contributed by atoms with van der Waals surface area (Å²) in [5.41, 5.74) is 0.721. The second-order valence-corrected chi connectivity index (χ2v) is 5.93. The molecule has 1 saturated heterocycles. The molecule has 1 aliphatic heterocycles. The van der Waals surface area contributed by atoms with Gasteiger partial charge in [0.15, 0.2) is 11.6 Å². The number of nitrogens with one attached hydrogen (secondary N) is 1. The van der Waals surface area contributed by atoms with E-state index in [1.54, 1.807) is 29.2 Å². The van der Waals surface area contributed by atoms with Gasteiger partial charge in [-0.25, -0.2) is 8.78 Å². The molecule has 1 atom stereocenters. The summed E-state index contributed by atoms with van der Waals surface area (Å²) in [5.74, 6) is -2.05. The predicted octanol–water partition coefficient (Wildman–Crippen LogP) is 2.90. The molecule has 2 amide bonds. The number of carbonyl (C=O) groups is 2. The summed E-state index contributed by atoms with van der Waals surface area (Å²) in [6.45, 7) is 2.75. The Balaban J connectivity index is 1.65. The van der Waals surface area contributed by atoms with Gasteiger partial charge >= 0.3 is 0 Å². The second kappa shape index (κ2) is 7.51. The number of nitrogens with zero attached hydrogens (tertiary/aromatic N) is 1. The van der Waals surface area contributed by atoms with Crippen LogP contribution in [0.2, 0.25) is 0 Å². The Hall–Kier alpha value is -2.96. The first kappa shape index (κ1) is 17.8. The van der Waals surface area contributed by atoms with Gasteiger partial charge in [0.1, 0.15) is 5.75 Å². The highest BCUT2D eigenvalue weighted by Crippen LogP contribution is 2.24. The summed E-state index contributed by atoms with van der Waals surface area (Å²) in [5, 5.41) is 2.69. The van der Waals surface area contributed by atoms with Gasteiger partial charge in [0, 0.05) is 24.2 Å². The number of ether oxygens (including phenoxy) is 1. The van der Waals surface area contributed by atoms with Gasteiger partial charge in [-0.2, -0.15) is 0 Å². The number of hydrogen-bond donors (Lipinski definition) is 1. The maximum absolute atomic E-state index is 13.3. The van der Waals surface area contributed by atoms with Crippen molar-refractivity contribution < 1.29 is 23.1 Å². The summed E-state index contributed by atoms with van der Waals surface area (Å²) in [6.07, 6.45) is 0.141. The lowest BCUT2D eigenvalue weighted by atomic mass is 10.1. The van der Waals surface area contributed by atoms with Crippen LogP contribution in [0.3, 0.4) is 0 Å². The molecule has 2 aromatic carbocycles. The van der Waals surface area contributed by atoms with E-state index in [4.69, 9.17) is 4.74 Å². The van der Waals surface area contributed by atoms with Crippen LogP contribution in [-0.2, 0) is 4.79 Å². The Morgan fingerprint density at radius 1 is 1.19 bits per heavy atom. The fourth-order valence-corrected chi connectivity index (χ4v) is 2.85. The Bertz CT molecular complexity index is 824. The van der Waals surface area contributed by atoms with Crippen molar-refractivity contribution in [2.24, 2.45) is 0 Å². The molecule has 1 N–H and O–H groups in total. The normalized spacial score (nSPS) is 16.7. The molecular weight excluding hydrogens is 342 g/mol. The van der Waals surface area contributed by atoms with Crippen molar-refractivity contribution in [1.29, 1.82) is 0 Å². The molecule has 136 valence electrons. The number of halogens is 2. The fraction of sp³-hybridized carbons (Fsp3) is 0.263. The minimum absolute atomic E-state index is 0.0101. The van der Waals surface area contributed by atoms with Gasteiger partial charge < -0.3 is 15.0 Å². The molecular formula is C19H18F2N2O3. The Kier molecular flexibility index (Phi) is 5.16. The van der Waals surface area contributed by atoms with Crippen LogP contribution in [0.15, 0.2) is 42.5 Å². The molecule has 1 aliphatic rings. The lowest BCUT2D eigenvalue weighted by molar-refractivity contribution is -0.117. The van der Waals surface area contributed by atoms with Gasteiger partial charge in [-0.1, -0.05) is 0 Å². The molecule has 0 bridgehead atoms. The minimum Gasteiger partial charge on any atom is -0.494 e. The number of hydrogen-bond acceptors (Lipinski definition) is 3. The Morgan fingerprint density at radius 2 is 1.92 bits per heavy atom. The van der Waals surface area contributed by atoms with Gasteiger partial charge in [-0.3, -0.25) is 9.59 Å². The van der Waals surface area contributed by atoms with Crippen LogP contribution in [-0.4, -0.2) is 31.0 Å². The summed E-state index contributed by atoms with van der Waals surface area (Å²) >= 11 is 0. The maximum Gasteiger partial charge on any atom is 0.251 e. The first-order valence-corrected chi connectivity index (χ1v) is 8.27. The third kappa shape index (κ3) is 3.82. The van der Waals surface area contributed by atoms with Crippen molar-refractivity contribution in [3.8, 4) is 5.75 Å². The average Bonchev–Trinajstić information content (AvgIpc) is 2.98. The first-order chi connectivity index (χ1) is 12.5. The van der Waals surface area contributed by atoms with E-state index in [-0.39, 0.29) is 17.9 Å². The van der Waals surface area contributed by atoms with Crippen molar-refractivity contribution in [2.75, 3.05) is 18.1 Å². The Morgan fingerprint density at radius 3 is 2.58 bits per heavy atom. The molecule has 7 heteroatoms. The van der Waals surface area contributed by atoms with Crippen LogP contribution < -0.4 is 15.0 Å². The summed E-state index contributed by atoms with van der Waals surface area (Å²) < 4.78 is 31.6. The van der Waals surface area contributed by atoms with E-state index in [9.17, 15) is 18.4 Å². The van der Waals surface area contributed by atoms with Gasteiger partial charge in [0.2, 0.25) is 5.91 Å². The van der Waals surface area contributed by atoms with Crippen LogP contribution in [0.25, 0.3) is 0 Å². The highest BCUT2D eigenvalue weighted by Gasteiger charge is 2.31. The third-order valence-corrected chi connectivity index (χ3v) is 4.10. The number of rotatable bonds is 5. The molecule has 5 nitrogen and oxygen atoms in total. The highest BCUT2D eigenvalue weighted by molar-refractivity contribution is 5.99. The molecule has 2 aromatic rings. The lowest BCUT2D eigenvalue weighted by Crippen LogP contribution is -2.37. The maximum atomic E-state index is 13.3. The molecule has 1 heterocycles. The van der Waals surface area contributed by atoms with Crippen molar-refractivity contribution >= 4 is 17.5 Å². The Labute approximate surface area is 149 Å². The van der Waals surface area contributed by atoms with Crippen LogP contribution in [0, 0.1) is 11.6 Å². The van der Waals surface area contributed by atoms with Crippen LogP contribution in [0.4, 0.5) is 14.5 Å². The zero-order valence-electron chi connectivity index (χ0n) is 14.2. The van der Waals surface area contributed by atoms with Gasteiger partial charge in [-0.05, 0) is 49.4 Å². The highest BCUT2D eigenvalue weighted by atomic mass is 19.2. The van der Waals surface area contributed by atoms with Crippen LogP contribution in [0.1, 0.15) is 23.7 Å². The third-order valence-electron chi connectivity index (χ3n) is 4.10. The molecule has 0 radical (unpaired) electrons. The summed E-state index contributed by atoms with van der Waals surface area (Å²) in [4.78, 5) is 26.0. The van der Waals surface area contributed by atoms with Crippen LogP contribution >= 0.6 is 0 Å². The number of benzene rings is 2. The number of anilines is 1. The monoisotopic (exact) mass is 360 g/mol. The molecule has 0 spiro atoms. The number of amides is 2. The second-order valence-electron chi connectivity index (χ2n) is 5.93. The van der Waals surface area contributed by atoms with E-state index in [0.717, 1.165) is 12.1 Å². The van der Waals surface area contributed by atoms with E-state index >= 15 is 0 Å². The van der Waals surface area contributed by atoms with E-state index < -0.39 is 23.6 Å². The SMILES string of the molecule is CCOc1ccc(N2C[C@@H](NC(=O)c3ccc(F)c(F)c3)CC2=O)cc1. The van der Waals surface area contributed by atoms with E-state index in [2.05, 4.69) is 5.32 Å². The molecule has 26 heavy (non-hydrogen) atoms. The van der Waals surface area contributed by atoms with Crippen molar-refractivity contribution in [1.82, 2.24) is 5.32 Å². The molecule has 3 rings (SSSR count). The molecule has 0 saturated carbocycles. The van der Waals surface area contributed by atoms with E-state index in [0.29, 0.717) is 24.6 Å².